The maximum Gasteiger partial charge on any atom is 0.0669 e. The molecule has 0 heterocycles. The molecule has 3 heteroatoms. The lowest BCUT2D eigenvalue weighted by molar-refractivity contribution is 1.14. The molecule has 0 saturated carbocycles. The summed E-state index contributed by atoms with van der Waals surface area (Å²) in [5, 5.41) is 12.0. The maximum atomic E-state index is 8.60. The highest BCUT2D eigenvalue weighted by Crippen LogP contribution is 2.12. The van der Waals surface area contributed by atoms with Crippen LogP contribution in [0.15, 0.2) is 48.5 Å². The summed E-state index contributed by atoms with van der Waals surface area (Å²) in [6, 6.07) is 18.6. The lowest BCUT2D eigenvalue weighted by atomic mass is 10.1. The van der Waals surface area contributed by atoms with Crippen molar-refractivity contribution in [1.82, 2.24) is 0 Å². The van der Waals surface area contributed by atoms with Gasteiger partial charge in [-0.3, -0.25) is 0 Å². The largest absolute Gasteiger partial charge is 0.381 e. The molecule has 2 aromatic carbocycles. The third kappa shape index (κ3) is 3.74. The van der Waals surface area contributed by atoms with Crippen LogP contribution in [0.4, 0.5) is 5.69 Å². The Hall–Kier alpha value is -1.54. The van der Waals surface area contributed by atoms with Gasteiger partial charge < -0.3 is 5.32 Å². The number of benzene rings is 2. The molecule has 0 unspecified atom stereocenters. The highest BCUT2D eigenvalue weighted by atomic mass is 127. The molecule has 1 N–H and O–H groups in total. The minimum Gasteiger partial charge on any atom is -0.381 e. The summed E-state index contributed by atoms with van der Waals surface area (Å²) in [7, 11) is 0. The molecule has 0 bridgehead atoms. The highest BCUT2D eigenvalue weighted by molar-refractivity contribution is 14.1. The summed E-state index contributed by atoms with van der Waals surface area (Å²) < 4.78 is 1.25. The van der Waals surface area contributed by atoms with Crippen molar-refractivity contribution in [1.29, 1.82) is 5.26 Å². The van der Waals surface area contributed by atoms with Crippen molar-refractivity contribution in [2.24, 2.45) is 0 Å². The van der Waals surface area contributed by atoms with E-state index in [0.29, 0.717) is 6.42 Å². The van der Waals surface area contributed by atoms with Gasteiger partial charge in [0.15, 0.2) is 0 Å². The van der Waals surface area contributed by atoms with Gasteiger partial charge in [-0.05, 0) is 58.0 Å². The van der Waals surface area contributed by atoms with E-state index in [4.69, 9.17) is 5.26 Å². The highest BCUT2D eigenvalue weighted by Gasteiger charge is 1.95. The molecule has 2 nitrogen and oxygen atoms in total. The number of nitriles is 1. The second-order valence-electron chi connectivity index (χ2n) is 4.01. The second-order valence-corrected chi connectivity index (χ2v) is 5.26. The van der Waals surface area contributed by atoms with Crippen LogP contribution in [-0.4, -0.2) is 0 Å². The molecule has 0 aromatic heterocycles. The Balaban J connectivity index is 1.94. The van der Waals surface area contributed by atoms with Crippen molar-refractivity contribution in [3.8, 4) is 6.07 Å². The van der Waals surface area contributed by atoms with E-state index >= 15 is 0 Å². The Bertz CT molecular complexity index is 538. The molecule has 90 valence electrons. The van der Waals surface area contributed by atoms with E-state index < -0.39 is 0 Å². The first-order chi connectivity index (χ1) is 8.78. The number of anilines is 1. The molecule has 0 amide bonds. The van der Waals surface area contributed by atoms with Crippen molar-refractivity contribution in [3.63, 3.8) is 0 Å². The molecule has 0 radical (unpaired) electrons. The fraction of sp³-hybridized carbons (Fsp3) is 0.133. The lowest BCUT2D eigenvalue weighted by Gasteiger charge is -2.07. The zero-order valence-corrected chi connectivity index (χ0v) is 12.0. The van der Waals surface area contributed by atoms with Crippen LogP contribution in [0, 0.1) is 14.9 Å². The summed E-state index contributed by atoms with van der Waals surface area (Å²) >= 11 is 2.30. The first-order valence-electron chi connectivity index (χ1n) is 5.72. The number of halogens is 1. The van der Waals surface area contributed by atoms with E-state index in [1.807, 2.05) is 24.3 Å². The third-order valence-electron chi connectivity index (χ3n) is 2.65. The van der Waals surface area contributed by atoms with Crippen LogP contribution in [-0.2, 0) is 13.0 Å². The van der Waals surface area contributed by atoms with Crippen LogP contribution in [0.3, 0.4) is 0 Å². The number of nitrogens with zero attached hydrogens (tertiary/aromatic N) is 1. The molecule has 2 rings (SSSR count). The molecule has 0 aliphatic heterocycles. The van der Waals surface area contributed by atoms with Crippen molar-refractivity contribution in [3.05, 3.63) is 63.2 Å². The molecule has 2 aromatic rings. The van der Waals surface area contributed by atoms with Crippen molar-refractivity contribution in [2.75, 3.05) is 5.32 Å². The fourth-order valence-corrected chi connectivity index (χ4v) is 2.00. The second kappa shape index (κ2) is 6.41. The molecule has 0 atom stereocenters. The molecular formula is C15H13IN2. The summed E-state index contributed by atoms with van der Waals surface area (Å²) in [5.41, 5.74) is 3.39. The molecule has 0 saturated heterocycles. The van der Waals surface area contributed by atoms with Gasteiger partial charge in [0.1, 0.15) is 0 Å². The van der Waals surface area contributed by atoms with Gasteiger partial charge in [0.25, 0.3) is 0 Å². The topological polar surface area (TPSA) is 35.8 Å². The van der Waals surface area contributed by atoms with E-state index in [9.17, 15) is 0 Å². The van der Waals surface area contributed by atoms with E-state index in [0.717, 1.165) is 17.8 Å². The van der Waals surface area contributed by atoms with Crippen molar-refractivity contribution >= 4 is 28.3 Å². The average molecular weight is 348 g/mol. The first-order valence-corrected chi connectivity index (χ1v) is 6.80. The monoisotopic (exact) mass is 348 g/mol. The summed E-state index contributed by atoms with van der Waals surface area (Å²) in [6.45, 7) is 0.814. The molecule has 0 aliphatic carbocycles. The van der Waals surface area contributed by atoms with Crippen LogP contribution in [0.25, 0.3) is 0 Å². The maximum absolute atomic E-state index is 8.60. The zero-order valence-electron chi connectivity index (χ0n) is 9.86. The number of hydrogen-bond acceptors (Lipinski definition) is 2. The zero-order chi connectivity index (χ0) is 12.8. The summed E-state index contributed by atoms with van der Waals surface area (Å²) in [4.78, 5) is 0. The van der Waals surface area contributed by atoms with E-state index in [1.54, 1.807) is 0 Å². The van der Waals surface area contributed by atoms with Crippen LogP contribution in [0.5, 0.6) is 0 Å². The smallest absolute Gasteiger partial charge is 0.0669 e. The molecule has 18 heavy (non-hydrogen) atoms. The van der Waals surface area contributed by atoms with E-state index in [-0.39, 0.29) is 0 Å². The summed E-state index contributed by atoms with van der Waals surface area (Å²) in [6.07, 6.45) is 0.470. The van der Waals surface area contributed by atoms with Crippen molar-refractivity contribution < 1.29 is 0 Å². The van der Waals surface area contributed by atoms with Crippen molar-refractivity contribution in [2.45, 2.75) is 13.0 Å². The molecule has 0 aliphatic rings. The Labute approximate surface area is 121 Å². The van der Waals surface area contributed by atoms with Crippen LogP contribution >= 0.6 is 22.6 Å². The molecular weight excluding hydrogens is 335 g/mol. The van der Waals surface area contributed by atoms with Gasteiger partial charge in [0, 0.05) is 15.8 Å². The van der Waals surface area contributed by atoms with Gasteiger partial charge in [0.05, 0.1) is 12.5 Å². The Morgan fingerprint density at radius 1 is 0.944 bits per heavy atom. The Morgan fingerprint density at radius 2 is 1.56 bits per heavy atom. The van der Waals surface area contributed by atoms with Gasteiger partial charge in [-0.1, -0.05) is 24.3 Å². The predicted octanol–water partition coefficient (Wildman–Crippen LogP) is 3.97. The normalized spacial score (nSPS) is 9.78. The van der Waals surface area contributed by atoms with Gasteiger partial charge in [-0.2, -0.15) is 5.26 Å². The van der Waals surface area contributed by atoms with Gasteiger partial charge in [-0.15, -0.1) is 0 Å². The fourth-order valence-electron chi connectivity index (χ4n) is 1.64. The quantitative estimate of drug-likeness (QED) is 0.849. The van der Waals surface area contributed by atoms with Crippen LogP contribution in [0.1, 0.15) is 11.1 Å². The standard InChI is InChI=1S/C15H13IN2/c16-14-5-1-13(2-6-14)11-18-15-7-3-12(4-8-15)9-10-17/h1-8,18H,9,11H2. The number of nitrogens with one attached hydrogen (secondary N) is 1. The average Bonchev–Trinajstić information content (AvgIpc) is 2.40. The minimum atomic E-state index is 0.470. The molecule has 0 fully saturated rings. The van der Waals surface area contributed by atoms with E-state index in [2.05, 4.69) is 58.2 Å². The Kier molecular flexibility index (Phi) is 4.59. The summed E-state index contributed by atoms with van der Waals surface area (Å²) in [5.74, 6) is 0. The third-order valence-corrected chi connectivity index (χ3v) is 3.37. The van der Waals surface area contributed by atoms with Crippen LogP contribution < -0.4 is 5.32 Å². The van der Waals surface area contributed by atoms with Crippen LogP contribution in [0.2, 0.25) is 0 Å². The lowest BCUT2D eigenvalue weighted by Crippen LogP contribution is -1.99. The first kappa shape index (κ1) is 12.9. The molecule has 0 spiro atoms. The SMILES string of the molecule is N#CCc1ccc(NCc2ccc(I)cc2)cc1. The predicted molar refractivity (Wildman–Crippen MR) is 82.2 cm³/mol. The van der Waals surface area contributed by atoms with Gasteiger partial charge >= 0.3 is 0 Å². The Morgan fingerprint density at radius 3 is 2.17 bits per heavy atom. The van der Waals surface area contributed by atoms with Gasteiger partial charge in [0.2, 0.25) is 0 Å². The number of rotatable bonds is 4. The number of hydrogen-bond donors (Lipinski definition) is 1. The minimum absolute atomic E-state index is 0.470. The van der Waals surface area contributed by atoms with Gasteiger partial charge in [-0.25, -0.2) is 0 Å². The van der Waals surface area contributed by atoms with E-state index in [1.165, 1.54) is 9.13 Å².